The second-order valence-electron chi connectivity index (χ2n) is 7.34. The molecule has 1 aromatic carbocycles. The van der Waals surface area contributed by atoms with Crippen LogP contribution < -0.4 is 10.1 Å². The minimum Gasteiger partial charge on any atom is -0.494 e. The van der Waals surface area contributed by atoms with E-state index in [1.165, 1.54) is 38.5 Å². The molecular weight excluding hydrogens is 430 g/mol. The molecule has 1 N–H and O–H groups in total. The topological polar surface area (TPSA) is 56.1 Å². The Hall–Kier alpha value is -1.82. The van der Waals surface area contributed by atoms with Crippen molar-refractivity contribution in [2.75, 3.05) is 11.9 Å². The molecule has 1 amide bonds. The molecule has 0 fully saturated rings. The van der Waals surface area contributed by atoms with Crippen molar-refractivity contribution in [1.82, 2.24) is 15.1 Å². The van der Waals surface area contributed by atoms with Gasteiger partial charge in [-0.15, -0.1) is 0 Å². The number of rotatable bonds is 14. The predicted octanol–water partition coefficient (Wildman–Crippen LogP) is 5.42. The number of aromatic nitrogens is 2. The fraction of sp³-hybridized carbons (Fsp3) is 0.565. The Bertz CT molecular complexity index is 745. The number of aryl methyl sites for hydroxylation is 2. The van der Waals surface area contributed by atoms with Crippen molar-refractivity contribution < 1.29 is 9.53 Å². The van der Waals surface area contributed by atoms with Gasteiger partial charge in [-0.25, -0.2) is 0 Å². The van der Waals surface area contributed by atoms with Crippen LogP contribution in [0.2, 0.25) is 0 Å². The minimum absolute atomic E-state index is 0.109. The lowest BCUT2D eigenvalue weighted by Gasteiger charge is -2.09. The summed E-state index contributed by atoms with van der Waals surface area (Å²) in [6.07, 6.45) is 9.65. The number of alkyl halides is 1. The standard InChI is InChI=1S/C23H34BrN3O2/c1-3-20-17-22(27(2)26-20)23(28)25-18-19-12-11-13-21(16-19)29-15-10-8-6-4-5-7-9-14-24/h11-13,16-17H,3-10,14-15,18H2,1-2H3,(H,25,28). The molecule has 0 radical (unpaired) electrons. The molecule has 29 heavy (non-hydrogen) atoms. The zero-order valence-corrected chi connectivity index (χ0v) is 19.3. The molecule has 0 saturated heterocycles. The molecule has 0 aliphatic rings. The number of ether oxygens (including phenoxy) is 1. The van der Waals surface area contributed by atoms with Crippen LogP contribution in [-0.2, 0) is 20.0 Å². The number of nitrogens with zero attached hydrogens (tertiary/aromatic N) is 2. The Morgan fingerprint density at radius 1 is 1.10 bits per heavy atom. The SMILES string of the molecule is CCc1cc(C(=O)NCc2cccc(OCCCCCCCCCBr)c2)n(C)n1. The lowest BCUT2D eigenvalue weighted by atomic mass is 10.1. The van der Waals surface area contributed by atoms with Gasteiger partial charge in [0.05, 0.1) is 12.3 Å². The summed E-state index contributed by atoms with van der Waals surface area (Å²) in [5, 5.41) is 8.41. The van der Waals surface area contributed by atoms with Crippen LogP contribution in [0.5, 0.6) is 5.75 Å². The number of hydrogen-bond donors (Lipinski definition) is 1. The average Bonchev–Trinajstić information content (AvgIpc) is 3.12. The van der Waals surface area contributed by atoms with Gasteiger partial charge in [0.2, 0.25) is 0 Å². The van der Waals surface area contributed by atoms with Crippen LogP contribution in [-0.4, -0.2) is 27.6 Å². The van der Waals surface area contributed by atoms with Crippen LogP contribution >= 0.6 is 15.9 Å². The molecule has 0 bridgehead atoms. The van der Waals surface area contributed by atoms with E-state index in [2.05, 4.69) is 26.3 Å². The second-order valence-corrected chi connectivity index (χ2v) is 8.13. The summed E-state index contributed by atoms with van der Waals surface area (Å²) in [5.74, 6) is 0.755. The number of carbonyl (C=O) groups excluding carboxylic acids is 1. The van der Waals surface area contributed by atoms with Crippen molar-refractivity contribution in [1.29, 1.82) is 0 Å². The molecule has 0 spiro atoms. The normalized spacial score (nSPS) is 10.9. The summed E-state index contributed by atoms with van der Waals surface area (Å²) in [4.78, 5) is 12.4. The van der Waals surface area contributed by atoms with Crippen LogP contribution in [0.4, 0.5) is 0 Å². The first-order valence-corrected chi connectivity index (χ1v) is 11.8. The van der Waals surface area contributed by atoms with Gasteiger partial charge in [-0.3, -0.25) is 9.48 Å². The third kappa shape index (κ3) is 8.60. The van der Waals surface area contributed by atoms with E-state index in [4.69, 9.17) is 4.74 Å². The van der Waals surface area contributed by atoms with E-state index >= 15 is 0 Å². The van der Waals surface area contributed by atoms with Crippen LogP contribution in [0.1, 0.15) is 73.6 Å². The molecule has 160 valence electrons. The Balaban J connectivity index is 1.68. The zero-order valence-electron chi connectivity index (χ0n) is 17.8. The van der Waals surface area contributed by atoms with Gasteiger partial charge in [0.1, 0.15) is 11.4 Å². The van der Waals surface area contributed by atoms with Gasteiger partial charge in [-0.05, 0) is 43.0 Å². The average molecular weight is 464 g/mol. The van der Waals surface area contributed by atoms with Gasteiger partial charge < -0.3 is 10.1 Å². The fourth-order valence-electron chi connectivity index (χ4n) is 3.20. The first-order chi connectivity index (χ1) is 14.1. The second kappa shape index (κ2) is 13.4. The van der Waals surface area contributed by atoms with Crippen LogP contribution in [0.25, 0.3) is 0 Å². The van der Waals surface area contributed by atoms with Gasteiger partial charge in [0.15, 0.2) is 0 Å². The predicted molar refractivity (Wildman–Crippen MR) is 122 cm³/mol. The van der Waals surface area contributed by atoms with Gasteiger partial charge in [0.25, 0.3) is 5.91 Å². The summed E-state index contributed by atoms with van der Waals surface area (Å²) in [6, 6.07) is 9.79. The number of benzene rings is 1. The molecule has 0 saturated carbocycles. The van der Waals surface area contributed by atoms with Crippen LogP contribution in [0.15, 0.2) is 30.3 Å². The molecule has 0 atom stereocenters. The number of halogens is 1. The lowest BCUT2D eigenvalue weighted by Crippen LogP contribution is -2.25. The highest BCUT2D eigenvalue weighted by Crippen LogP contribution is 2.15. The van der Waals surface area contributed by atoms with Crippen molar-refractivity contribution in [3.63, 3.8) is 0 Å². The molecule has 5 nitrogen and oxygen atoms in total. The van der Waals surface area contributed by atoms with Crippen LogP contribution in [0, 0.1) is 0 Å². The molecule has 1 heterocycles. The number of amides is 1. The highest BCUT2D eigenvalue weighted by molar-refractivity contribution is 9.09. The van der Waals surface area contributed by atoms with Crippen molar-refractivity contribution in [3.05, 3.63) is 47.3 Å². The number of unbranched alkanes of at least 4 members (excludes halogenated alkanes) is 6. The van der Waals surface area contributed by atoms with Gasteiger partial charge in [-0.1, -0.05) is 67.1 Å². The van der Waals surface area contributed by atoms with E-state index in [9.17, 15) is 4.79 Å². The van der Waals surface area contributed by atoms with Crippen molar-refractivity contribution >= 4 is 21.8 Å². The summed E-state index contributed by atoms with van der Waals surface area (Å²) in [6.45, 7) is 3.24. The van der Waals surface area contributed by atoms with Crippen molar-refractivity contribution in [2.24, 2.45) is 7.05 Å². The summed E-state index contributed by atoms with van der Waals surface area (Å²) < 4.78 is 7.52. The minimum atomic E-state index is -0.109. The summed E-state index contributed by atoms with van der Waals surface area (Å²) >= 11 is 3.47. The highest BCUT2D eigenvalue weighted by Gasteiger charge is 2.12. The largest absolute Gasteiger partial charge is 0.494 e. The fourth-order valence-corrected chi connectivity index (χ4v) is 3.60. The first kappa shape index (κ1) is 23.5. The molecule has 2 rings (SSSR count). The molecule has 0 aliphatic carbocycles. The van der Waals surface area contributed by atoms with Gasteiger partial charge in [0, 0.05) is 18.9 Å². The number of carbonyl (C=O) groups is 1. The molecular formula is C23H34BrN3O2. The smallest absolute Gasteiger partial charge is 0.269 e. The van der Waals surface area contributed by atoms with E-state index in [1.807, 2.05) is 37.3 Å². The monoisotopic (exact) mass is 463 g/mol. The van der Waals surface area contributed by atoms with Gasteiger partial charge in [-0.2, -0.15) is 5.10 Å². The van der Waals surface area contributed by atoms with Crippen molar-refractivity contribution in [3.8, 4) is 5.75 Å². The maximum atomic E-state index is 12.4. The van der Waals surface area contributed by atoms with Crippen LogP contribution in [0.3, 0.4) is 0 Å². The van der Waals surface area contributed by atoms with Gasteiger partial charge >= 0.3 is 0 Å². The highest BCUT2D eigenvalue weighted by atomic mass is 79.9. The Kier molecular flexibility index (Phi) is 10.8. The molecule has 2 aromatic rings. The number of hydrogen-bond acceptors (Lipinski definition) is 3. The maximum absolute atomic E-state index is 12.4. The van der Waals surface area contributed by atoms with E-state index in [0.717, 1.165) is 41.8 Å². The molecule has 0 unspecified atom stereocenters. The summed E-state index contributed by atoms with van der Waals surface area (Å²) in [7, 11) is 1.80. The molecule has 6 heteroatoms. The molecule has 1 aromatic heterocycles. The van der Waals surface area contributed by atoms with E-state index < -0.39 is 0 Å². The number of nitrogens with one attached hydrogen (secondary N) is 1. The zero-order chi connectivity index (χ0) is 20.9. The summed E-state index contributed by atoms with van der Waals surface area (Å²) in [5.41, 5.74) is 2.54. The van der Waals surface area contributed by atoms with E-state index in [0.29, 0.717) is 12.2 Å². The third-order valence-corrected chi connectivity index (χ3v) is 5.48. The first-order valence-electron chi connectivity index (χ1n) is 10.7. The quantitative estimate of drug-likeness (QED) is 0.300. The van der Waals surface area contributed by atoms with Crippen molar-refractivity contribution in [2.45, 2.75) is 64.8 Å². The third-order valence-electron chi connectivity index (χ3n) is 4.92. The maximum Gasteiger partial charge on any atom is 0.269 e. The van der Waals surface area contributed by atoms with E-state index in [-0.39, 0.29) is 5.91 Å². The lowest BCUT2D eigenvalue weighted by molar-refractivity contribution is 0.0941. The Morgan fingerprint density at radius 3 is 2.52 bits per heavy atom. The Morgan fingerprint density at radius 2 is 1.83 bits per heavy atom. The molecule has 0 aliphatic heterocycles. The van der Waals surface area contributed by atoms with E-state index in [1.54, 1.807) is 11.7 Å². The Labute approximate surface area is 183 Å².